The molecule has 8 N–H and O–H groups in total. The Bertz CT molecular complexity index is 1340. The average molecular weight is 1010 g/mol. The molecule has 3 saturated carbocycles. The van der Waals surface area contributed by atoms with Gasteiger partial charge in [-0.05, 0) is 162 Å². The van der Waals surface area contributed by atoms with E-state index in [9.17, 15) is 9.59 Å². The van der Waals surface area contributed by atoms with Crippen molar-refractivity contribution in [1.29, 1.82) is 0 Å². The van der Waals surface area contributed by atoms with Crippen molar-refractivity contribution in [3.8, 4) is 0 Å². The molecule has 0 saturated heterocycles. The number of carbonyl (C=O) groups is 2. The number of nitrogens with two attached hydrogens (primary N) is 3. The second-order valence-electron chi connectivity index (χ2n) is 21.7. The maximum atomic E-state index is 13.7. The van der Waals surface area contributed by atoms with Gasteiger partial charge in [0.2, 0.25) is 5.91 Å². The summed E-state index contributed by atoms with van der Waals surface area (Å²) in [5.74, 6) is 3.21. The number of unbranched alkanes of at least 4 members (excludes halogenated alkanes) is 5. The number of hydrogen-bond donors (Lipinski definition) is 6. The van der Waals surface area contributed by atoms with E-state index in [-0.39, 0.29) is 41.1 Å². The molecule has 3 fully saturated rings. The van der Waals surface area contributed by atoms with Crippen molar-refractivity contribution in [3.63, 3.8) is 0 Å². The van der Waals surface area contributed by atoms with Gasteiger partial charge in [0.05, 0.1) is 58.0 Å². The SMILES string of the molecule is CCCCCCCCN(CCC[C@@H](C)[C@H]1CC[C@H]2C[C@H](OCCCN)CC3C[C@H](OCCCN)CC[C@]3(C)[C@H](C)C[C@H](OCCCN)[C@@]21C)C(=O)NCCOCCOCCOCCNC(=O)CCCS. The first kappa shape index (κ1) is 63.0. The molecular formula is C55H108N6O8S. The number of hydrogen-bond acceptors (Lipinski definition) is 12. The van der Waals surface area contributed by atoms with Crippen molar-refractivity contribution in [3.05, 3.63) is 0 Å². The van der Waals surface area contributed by atoms with Crippen molar-refractivity contribution in [2.45, 2.75) is 188 Å². The topological polar surface area (TPSA) is 195 Å². The Morgan fingerprint density at radius 1 is 0.657 bits per heavy atom. The van der Waals surface area contributed by atoms with Crippen molar-refractivity contribution in [2.75, 3.05) is 111 Å². The Morgan fingerprint density at radius 3 is 1.89 bits per heavy atom. The predicted octanol–water partition coefficient (Wildman–Crippen LogP) is 8.51. The molecule has 3 rings (SSSR count). The van der Waals surface area contributed by atoms with Crippen molar-refractivity contribution >= 4 is 24.6 Å². The van der Waals surface area contributed by atoms with Gasteiger partial charge < -0.3 is 61.2 Å². The summed E-state index contributed by atoms with van der Waals surface area (Å²) in [4.78, 5) is 27.5. The zero-order valence-corrected chi connectivity index (χ0v) is 46.3. The molecule has 0 aliphatic heterocycles. The first-order valence-corrected chi connectivity index (χ1v) is 29.2. The molecule has 1 unspecified atom stereocenters. The fourth-order valence-corrected chi connectivity index (χ4v) is 12.4. The molecule has 0 aromatic rings. The molecule has 412 valence electrons. The Balaban J connectivity index is 1.63. The zero-order chi connectivity index (χ0) is 50.9. The van der Waals surface area contributed by atoms with Crippen LogP contribution in [0.1, 0.15) is 169 Å². The lowest BCUT2D eigenvalue weighted by atomic mass is 9.54. The van der Waals surface area contributed by atoms with Crippen molar-refractivity contribution in [1.82, 2.24) is 15.5 Å². The summed E-state index contributed by atoms with van der Waals surface area (Å²) >= 11 is 4.14. The number of urea groups is 1. The van der Waals surface area contributed by atoms with Crippen LogP contribution in [0.4, 0.5) is 4.79 Å². The summed E-state index contributed by atoms with van der Waals surface area (Å²) in [6, 6.07) is 0.00215. The van der Waals surface area contributed by atoms with Crippen LogP contribution in [0, 0.1) is 40.4 Å². The Morgan fingerprint density at radius 2 is 1.23 bits per heavy atom. The first-order chi connectivity index (χ1) is 34.0. The third-order valence-electron chi connectivity index (χ3n) is 16.8. The van der Waals surface area contributed by atoms with E-state index < -0.39 is 0 Å². The largest absolute Gasteiger partial charge is 0.378 e. The molecule has 0 aromatic carbocycles. The summed E-state index contributed by atoms with van der Waals surface area (Å²) in [5.41, 5.74) is 18.1. The van der Waals surface area contributed by atoms with Gasteiger partial charge in [0.15, 0.2) is 0 Å². The highest BCUT2D eigenvalue weighted by Crippen LogP contribution is 2.60. The maximum absolute atomic E-state index is 13.7. The number of thiol groups is 1. The van der Waals surface area contributed by atoms with Crippen LogP contribution in [0.25, 0.3) is 0 Å². The average Bonchev–Trinajstić information content (AvgIpc) is 3.68. The molecule has 70 heavy (non-hydrogen) atoms. The van der Waals surface area contributed by atoms with Crippen LogP contribution in [0.5, 0.6) is 0 Å². The second kappa shape index (κ2) is 37.5. The monoisotopic (exact) mass is 1010 g/mol. The highest BCUT2D eigenvalue weighted by molar-refractivity contribution is 7.80. The van der Waals surface area contributed by atoms with E-state index in [2.05, 4.69) is 62.8 Å². The molecule has 3 amide bonds. The van der Waals surface area contributed by atoms with Crippen molar-refractivity contribution < 1.29 is 38.0 Å². The van der Waals surface area contributed by atoms with Gasteiger partial charge in [-0.2, -0.15) is 12.6 Å². The second-order valence-corrected chi connectivity index (χ2v) is 22.2. The first-order valence-electron chi connectivity index (χ1n) is 28.6. The lowest BCUT2D eigenvalue weighted by Gasteiger charge is -2.54. The molecule has 0 bridgehead atoms. The van der Waals surface area contributed by atoms with Crippen LogP contribution in [-0.4, -0.2) is 146 Å². The van der Waals surface area contributed by atoms with Crippen LogP contribution in [0.2, 0.25) is 0 Å². The Kier molecular flexibility index (Phi) is 33.7. The van der Waals surface area contributed by atoms with E-state index in [1.807, 2.05) is 0 Å². The highest BCUT2D eigenvalue weighted by Gasteiger charge is 2.56. The Labute approximate surface area is 432 Å². The number of carbonyl (C=O) groups excluding carboxylic acids is 2. The number of ether oxygens (including phenoxy) is 6. The summed E-state index contributed by atoms with van der Waals surface area (Å²) in [6.07, 6.45) is 22.6. The predicted molar refractivity (Wildman–Crippen MR) is 288 cm³/mol. The molecule has 0 radical (unpaired) electrons. The fourth-order valence-electron chi connectivity index (χ4n) is 12.2. The normalized spacial score (nSPS) is 27.4. The molecule has 0 spiro atoms. The standard InChI is InChI=1S/C55H108N6O8S/c1-6-7-8-9-10-11-28-61(53(63)60-27-34-65-36-38-66-37-35-64-33-26-59-52(62)18-13-39-70)29-12-17-44(2)50-20-19-46-41-49(68-31-15-24-57)43-47-42-48(67-30-14-23-56)21-22-54(47,4)45(3)40-51(55(46,50)5)69-32-16-25-58/h44-51,70H,6-43,56-58H2,1-5H3,(H,59,62)(H,60,63)/t44-,45-,46+,47?,48-,49+,50-,51+,54-,55+/m1/s1. The van der Waals surface area contributed by atoms with Gasteiger partial charge in [-0.15, -0.1) is 0 Å². The molecule has 14 nitrogen and oxygen atoms in total. The quantitative estimate of drug-likeness (QED) is 0.0255. The smallest absolute Gasteiger partial charge is 0.317 e. The van der Waals surface area contributed by atoms with Gasteiger partial charge in [0.1, 0.15) is 0 Å². The summed E-state index contributed by atoms with van der Waals surface area (Å²) < 4.78 is 37.5. The van der Waals surface area contributed by atoms with Crippen LogP contribution >= 0.6 is 12.6 Å². The number of nitrogens with zero attached hydrogens (tertiary/aromatic N) is 1. The molecular weight excluding hydrogens is 905 g/mol. The van der Waals surface area contributed by atoms with Gasteiger partial charge in [-0.25, -0.2) is 4.79 Å². The van der Waals surface area contributed by atoms with Crippen molar-refractivity contribution in [2.24, 2.45) is 57.6 Å². The minimum atomic E-state index is -0.0102. The van der Waals surface area contributed by atoms with Crippen LogP contribution in [0.3, 0.4) is 0 Å². The van der Waals surface area contributed by atoms with Gasteiger partial charge in [-0.3, -0.25) is 4.79 Å². The van der Waals surface area contributed by atoms with E-state index >= 15 is 0 Å². The summed E-state index contributed by atoms with van der Waals surface area (Å²) in [6.45, 7) is 21.7. The lowest BCUT2D eigenvalue weighted by Crippen LogP contribution is -2.51. The van der Waals surface area contributed by atoms with Gasteiger partial charge >= 0.3 is 6.03 Å². The minimum absolute atomic E-state index is 0.00215. The van der Waals surface area contributed by atoms with E-state index in [1.54, 1.807) is 0 Å². The third kappa shape index (κ3) is 22.7. The highest BCUT2D eigenvalue weighted by atomic mass is 32.1. The number of nitrogens with one attached hydrogen (secondary N) is 2. The van der Waals surface area contributed by atoms with Gasteiger partial charge in [0.25, 0.3) is 0 Å². The molecule has 3 aliphatic rings. The molecule has 15 heteroatoms. The fraction of sp³-hybridized carbons (Fsp3) is 0.964. The van der Waals surface area contributed by atoms with E-state index in [1.165, 1.54) is 38.5 Å². The summed E-state index contributed by atoms with van der Waals surface area (Å²) in [5, 5.41) is 6.00. The van der Waals surface area contributed by atoms with E-state index in [4.69, 9.17) is 45.6 Å². The lowest BCUT2D eigenvalue weighted by molar-refractivity contribution is -0.135. The number of amides is 3. The molecule has 3 aliphatic carbocycles. The minimum Gasteiger partial charge on any atom is -0.378 e. The van der Waals surface area contributed by atoms with Crippen LogP contribution in [-0.2, 0) is 33.2 Å². The summed E-state index contributed by atoms with van der Waals surface area (Å²) in [7, 11) is 0. The molecule has 0 heterocycles. The number of rotatable bonds is 39. The van der Waals surface area contributed by atoms with Gasteiger partial charge in [0, 0.05) is 52.4 Å². The van der Waals surface area contributed by atoms with Crippen LogP contribution < -0.4 is 27.8 Å². The van der Waals surface area contributed by atoms with Crippen LogP contribution in [0.15, 0.2) is 0 Å². The molecule has 0 aromatic heterocycles. The third-order valence-corrected chi connectivity index (χ3v) is 17.1. The van der Waals surface area contributed by atoms with Gasteiger partial charge in [-0.1, -0.05) is 66.7 Å². The zero-order valence-electron chi connectivity index (χ0n) is 45.4. The Hall–Kier alpha value is -1.27. The maximum Gasteiger partial charge on any atom is 0.317 e. The van der Waals surface area contributed by atoms with E-state index in [0.717, 1.165) is 110 Å². The van der Waals surface area contributed by atoms with E-state index in [0.29, 0.717) is 127 Å². The number of fused-ring (bicyclic) bond motifs is 2. The molecule has 10 atom stereocenters.